The van der Waals surface area contributed by atoms with Crippen molar-refractivity contribution >= 4 is 11.3 Å². The number of thiazole rings is 1. The molecule has 1 aliphatic rings. The molecule has 1 aliphatic heterocycles. The predicted molar refractivity (Wildman–Crippen MR) is 51.0 cm³/mol. The quantitative estimate of drug-likeness (QED) is 0.738. The minimum atomic E-state index is 0.0134. The lowest BCUT2D eigenvalue weighted by molar-refractivity contribution is 0.189. The Hall–Kier alpha value is -0.650. The Morgan fingerprint density at radius 1 is 1.77 bits per heavy atom. The molecule has 2 rings (SSSR count). The molecule has 1 aromatic rings. The molecule has 2 N–H and O–H groups in total. The molecule has 1 saturated heterocycles. The van der Waals surface area contributed by atoms with Crippen LogP contribution in [0.4, 0.5) is 0 Å². The van der Waals surface area contributed by atoms with Crippen molar-refractivity contribution in [1.82, 2.24) is 10.3 Å². The van der Waals surface area contributed by atoms with E-state index in [1.165, 1.54) is 11.3 Å². The summed E-state index contributed by atoms with van der Waals surface area (Å²) in [4.78, 5) is 13.6. The topological polar surface area (TPSA) is 54.1 Å². The second-order valence-corrected chi connectivity index (χ2v) is 3.96. The largest absolute Gasteiger partial charge is 0.380 e. The van der Waals surface area contributed by atoms with Crippen molar-refractivity contribution in [1.29, 1.82) is 0 Å². The average molecular weight is 200 g/mol. The molecule has 0 radical (unpaired) electrons. The van der Waals surface area contributed by atoms with Gasteiger partial charge in [0.25, 0.3) is 0 Å². The van der Waals surface area contributed by atoms with Gasteiger partial charge in [-0.25, -0.2) is 0 Å². The van der Waals surface area contributed by atoms with Crippen LogP contribution in [0.1, 0.15) is 12.1 Å². The molecule has 4 nitrogen and oxygen atoms in total. The zero-order valence-electron chi connectivity index (χ0n) is 7.21. The lowest BCUT2D eigenvalue weighted by Gasteiger charge is -2.08. The number of aromatic amines is 1. The van der Waals surface area contributed by atoms with Crippen LogP contribution >= 0.6 is 11.3 Å². The Morgan fingerprint density at radius 3 is 3.31 bits per heavy atom. The first kappa shape index (κ1) is 8.93. The van der Waals surface area contributed by atoms with Gasteiger partial charge in [0, 0.05) is 30.3 Å². The highest BCUT2D eigenvalue weighted by Crippen LogP contribution is 2.04. The Morgan fingerprint density at radius 2 is 2.69 bits per heavy atom. The van der Waals surface area contributed by atoms with Crippen LogP contribution < -0.4 is 10.2 Å². The Bertz CT molecular complexity index is 314. The van der Waals surface area contributed by atoms with E-state index in [0.717, 1.165) is 31.9 Å². The molecule has 5 heteroatoms. The molecule has 0 aromatic carbocycles. The number of rotatable bonds is 3. The highest BCUT2D eigenvalue weighted by molar-refractivity contribution is 7.07. The minimum absolute atomic E-state index is 0.0134. The maximum absolute atomic E-state index is 10.8. The number of ether oxygens (including phenoxy) is 1. The number of hydrogen-bond donors (Lipinski definition) is 2. The molecule has 0 spiro atoms. The molecule has 1 aromatic heterocycles. The van der Waals surface area contributed by atoms with Crippen LogP contribution in [0.25, 0.3) is 0 Å². The van der Waals surface area contributed by atoms with Gasteiger partial charge >= 0.3 is 4.87 Å². The fourth-order valence-electron chi connectivity index (χ4n) is 1.35. The first-order valence-corrected chi connectivity index (χ1v) is 5.20. The lowest BCUT2D eigenvalue weighted by atomic mass is 10.2. The SMILES string of the molecule is O=c1[nH]c(CNC2CCOC2)cs1. The molecule has 0 bridgehead atoms. The highest BCUT2D eigenvalue weighted by atomic mass is 32.1. The van der Waals surface area contributed by atoms with Crippen LogP contribution in [0, 0.1) is 0 Å². The van der Waals surface area contributed by atoms with Gasteiger partial charge in [0.15, 0.2) is 0 Å². The van der Waals surface area contributed by atoms with Gasteiger partial charge in [0.2, 0.25) is 0 Å². The Balaban J connectivity index is 1.82. The van der Waals surface area contributed by atoms with E-state index in [9.17, 15) is 4.79 Å². The van der Waals surface area contributed by atoms with E-state index in [-0.39, 0.29) is 4.87 Å². The smallest absolute Gasteiger partial charge is 0.304 e. The molecule has 1 atom stereocenters. The Labute approximate surface area is 79.9 Å². The van der Waals surface area contributed by atoms with Crippen molar-refractivity contribution in [2.75, 3.05) is 13.2 Å². The summed E-state index contributed by atoms with van der Waals surface area (Å²) < 4.78 is 5.22. The van der Waals surface area contributed by atoms with E-state index >= 15 is 0 Å². The monoisotopic (exact) mass is 200 g/mol. The van der Waals surface area contributed by atoms with Crippen molar-refractivity contribution in [3.8, 4) is 0 Å². The van der Waals surface area contributed by atoms with Crippen molar-refractivity contribution in [2.45, 2.75) is 19.0 Å². The van der Waals surface area contributed by atoms with Crippen LogP contribution in [0.15, 0.2) is 10.2 Å². The van der Waals surface area contributed by atoms with Crippen LogP contribution in [0.3, 0.4) is 0 Å². The summed E-state index contributed by atoms with van der Waals surface area (Å²) >= 11 is 1.20. The van der Waals surface area contributed by atoms with Gasteiger partial charge in [0.05, 0.1) is 6.61 Å². The predicted octanol–water partition coefficient (Wildman–Crippen LogP) is 0.315. The van der Waals surface area contributed by atoms with E-state index in [4.69, 9.17) is 4.74 Å². The van der Waals surface area contributed by atoms with Gasteiger partial charge in [-0.15, -0.1) is 0 Å². The molecule has 0 amide bonds. The van der Waals surface area contributed by atoms with Crippen molar-refractivity contribution in [3.05, 3.63) is 20.7 Å². The second kappa shape index (κ2) is 4.04. The number of aromatic nitrogens is 1. The third kappa shape index (κ3) is 2.40. The standard InChI is InChI=1S/C8H12N2O2S/c11-8-10-7(5-13-8)3-9-6-1-2-12-4-6/h5-6,9H,1-4H2,(H,10,11). The molecule has 0 saturated carbocycles. The van der Waals surface area contributed by atoms with E-state index in [1.54, 1.807) is 0 Å². The van der Waals surface area contributed by atoms with Gasteiger partial charge in [-0.3, -0.25) is 4.79 Å². The third-order valence-electron chi connectivity index (χ3n) is 2.08. The number of hydrogen-bond acceptors (Lipinski definition) is 4. The summed E-state index contributed by atoms with van der Waals surface area (Å²) in [6, 6.07) is 0.448. The summed E-state index contributed by atoms with van der Waals surface area (Å²) in [6.45, 7) is 2.36. The molecule has 1 unspecified atom stereocenters. The normalized spacial score (nSPS) is 22.3. The zero-order valence-corrected chi connectivity index (χ0v) is 8.02. The van der Waals surface area contributed by atoms with Gasteiger partial charge < -0.3 is 15.0 Å². The molecule has 72 valence electrons. The fraction of sp³-hybridized carbons (Fsp3) is 0.625. The molecule has 2 heterocycles. The van der Waals surface area contributed by atoms with Crippen molar-refractivity contribution < 1.29 is 4.74 Å². The van der Waals surface area contributed by atoms with Gasteiger partial charge in [-0.05, 0) is 6.42 Å². The van der Waals surface area contributed by atoms with E-state index in [2.05, 4.69) is 10.3 Å². The third-order valence-corrected chi connectivity index (χ3v) is 2.80. The molecular formula is C8H12N2O2S. The summed E-state index contributed by atoms with van der Waals surface area (Å²) in [6.07, 6.45) is 1.06. The van der Waals surface area contributed by atoms with E-state index in [0.29, 0.717) is 6.04 Å². The average Bonchev–Trinajstić information content (AvgIpc) is 2.71. The second-order valence-electron chi connectivity index (χ2n) is 3.11. The maximum Gasteiger partial charge on any atom is 0.304 e. The maximum atomic E-state index is 10.8. The van der Waals surface area contributed by atoms with Crippen LogP contribution in [-0.2, 0) is 11.3 Å². The van der Waals surface area contributed by atoms with Crippen molar-refractivity contribution in [2.24, 2.45) is 0 Å². The van der Waals surface area contributed by atoms with E-state index in [1.807, 2.05) is 5.38 Å². The van der Waals surface area contributed by atoms with E-state index < -0.39 is 0 Å². The van der Waals surface area contributed by atoms with Crippen LogP contribution in [0.2, 0.25) is 0 Å². The van der Waals surface area contributed by atoms with Gasteiger partial charge in [0.1, 0.15) is 0 Å². The van der Waals surface area contributed by atoms with Crippen molar-refractivity contribution in [3.63, 3.8) is 0 Å². The minimum Gasteiger partial charge on any atom is -0.380 e. The number of H-pyrrole nitrogens is 1. The van der Waals surface area contributed by atoms with Crippen LogP contribution in [0.5, 0.6) is 0 Å². The Kier molecular flexibility index (Phi) is 2.77. The number of nitrogens with one attached hydrogen (secondary N) is 2. The fourth-order valence-corrected chi connectivity index (χ4v) is 1.93. The van der Waals surface area contributed by atoms with Gasteiger partial charge in [-0.1, -0.05) is 11.3 Å². The first-order valence-electron chi connectivity index (χ1n) is 4.32. The lowest BCUT2D eigenvalue weighted by Crippen LogP contribution is -2.28. The summed E-state index contributed by atoms with van der Waals surface area (Å²) in [5, 5.41) is 5.18. The molecular weight excluding hydrogens is 188 g/mol. The summed E-state index contributed by atoms with van der Waals surface area (Å²) in [7, 11) is 0. The zero-order chi connectivity index (χ0) is 9.10. The van der Waals surface area contributed by atoms with Crippen LogP contribution in [-0.4, -0.2) is 24.2 Å². The molecule has 0 aliphatic carbocycles. The highest BCUT2D eigenvalue weighted by Gasteiger charge is 2.14. The molecule has 13 heavy (non-hydrogen) atoms. The summed E-state index contributed by atoms with van der Waals surface area (Å²) in [5.41, 5.74) is 0.960. The summed E-state index contributed by atoms with van der Waals surface area (Å²) in [5.74, 6) is 0. The first-order chi connectivity index (χ1) is 6.34. The molecule has 1 fully saturated rings. The van der Waals surface area contributed by atoms with Gasteiger partial charge in [-0.2, -0.15) is 0 Å².